The molecule has 1 aliphatic carbocycles. The minimum atomic E-state index is -0.423. The number of benzene rings is 1. The predicted molar refractivity (Wildman–Crippen MR) is 102 cm³/mol. The van der Waals surface area contributed by atoms with E-state index in [0.717, 1.165) is 57.4 Å². The van der Waals surface area contributed by atoms with Gasteiger partial charge in [-0.15, -0.1) is 0 Å². The summed E-state index contributed by atoms with van der Waals surface area (Å²) < 4.78 is 5.69. The van der Waals surface area contributed by atoms with Gasteiger partial charge >= 0.3 is 0 Å². The van der Waals surface area contributed by atoms with Crippen molar-refractivity contribution in [3.05, 3.63) is 29.8 Å². The van der Waals surface area contributed by atoms with Crippen molar-refractivity contribution >= 4 is 11.6 Å². The Morgan fingerprint density at radius 2 is 1.96 bits per heavy atom. The Morgan fingerprint density at radius 3 is 2.60 bits per heavy atom. The molecule has 1 saturated carbocycles. The summed E-state index contributed by atoms with van der Waals surface area (Å²) in [6, 6.07) is 8.36. The van der Waals surface area contributed by atoms with Crippen molar-refractivity contribution in [2.24, 2.45) is 0 Å². The van der Waals surface area contributed by atoms with Gasteiger partial charge in [0.25, 0.3) is 0 Å². The molecule has 1 aromatic carbocycles. The zero-order valence-electron chi connectivity index (χ0n) is 15.7. The SMILES string of the molecule is Cc1ccc(NC2(C(=O)N(C)CCCC3CCCO3)CCCC2)cc1. The summed E-state index contributed by atoms with van der Waals surface area (Å²) in [5, 5.41) is 3.58. The van der Waals surface area contributed by atoms with Gasteiger partial charge in [-0.2, -0.15) is 0 Å². The fourth-order valence-electron chi connectivity index (χ4n) is 4.18. The number of anilines is 1. The molecule has 1 N–H and O–H groups in total. The Kier molecular flexibility index (Phi) is 6.00. The molecule has 1 amide bonds. The lowest BCUT2D eigenvalue weighted by molar-refractivity contribution is -0.134. The van der Waals surface area contributed by atoms with E-state index in [1.165, 1.54) is 18.4 Å². The third kappa shape index (κ3) is 4.55. The van der Waals surface area contributed by atoms with Gasteiger partial charge in [0.05, 0.1) is 6.10 Å². The maximum absolute atomic E-state index is 13.2. The highest BCUT2D eigenvalue weighted by atomic mass is 16.5. The van der Waals surface area contributed by atoms with Crippen molar-refractivity contribution < 1.29 is 9.53 Å². The van der Waals surface area contributed by atoms with Crippen molar-refractivity contribution in [2.45, 2.75) is 69.9 Å². The van der Waals surface area contributed by atoms with Gasteiger partial charge in [-0.1, -0.05) is 30.5 Å². The third-order valence-corrected chi connectivity index (χ3v) is 5.69. The lowest BCUT2D eigenvalue weighted by atomic mass is 9.94. The maximum atomic E-state index is 13.2. The normalized spacial score (nSPS) is 22.1. The standard InChI is InChI=1S/C21H32N2O2/c1-17-9-11-18(12-10-17)22-21(13-3-4-14-21)20(24)23(2)15-5-7-19-8-6-16-25-19/h9-12,19,22H,3-8,13-16H2,1-2H3. The molecule has 1 aromatic rings. The smallest absolute Gasteiger partial charge is 0.247 e. The van der Waals surface area contributed by atoms with E-state index in [9.17, 15) is 4.79 Å². The molecule has 0 aromatic heterocycles. The number of nitrogens with one attached hydrogen (secondary N) is 1. The number of likely N-dealkylation sites (N-methyl/N-ethyl adjacent to an activating group) is 1. The third-order valence-electron chi connectivity index (χ3n) is 5.69. The first-order chi connectivity index (χ1) is 12.1. The molecule has 4 heteroatoms. The lowest BCUT2D eigenvalue weighted by Gasteiger charge is -2.34. The zero-order chi connectivity index (χ0) is 17.7. The van der Waals surface area contributed by atoms with Crippen molar-refractivity contribution in [3.63, 3.8) is 0 Å². The largest absolute Gasteiger partial charge is 0.378 e. The summed E-state index contributed by atoms with van der Waals surface area (Å²) in [6.07, 6.45) is 8.95. The summed E-state index contributed by atoms with van der Waals surface area (Å²) in [7, 11) is 1.95. The van der Waals surface area contributed by atoms with Gasteiger partial charge < -0.3 is 15.0 Å². The average molecular weight is 344 g/mol. The van der Waals surface area contributed by atoms with Gasteiger partial charge in [0, 0.05) is 25.9 Å². The van der Waals surface area contributed by atoms with Crippen LogP contribution < -0.4 is 5.32 Å². The number of rotatable bonds is 7. The first kappa shape index (κ1) is 18.2. The quantitative estimate of drug-likeness (QED) is 0.808. The van der Waals surface area contributed by atoms with E-state index >= 15 is 0 Å². The van der Waals surface area contributed by atoms with Gasteiger partial charge in [-0.3, -0.25) is 4.79 Å². The number of carbonyl (C=O) groups excluding carboxylic acids is 1. The van der Waals surface area contributed by atoms with Gasteiger partial charge in [0.2, 0.25) is 5.91 Å². The van der Waals surface area contributed by atoms with Gasteiger partial charge in [0.1, 0.15) is 5.54 Å². The molecule has 2 aliphatic rings. The molecule has 1 heterocycles. The van der Waals surface area contributed by atoms with Crippen LogP contribution in [0.5, 0.6) is 0 Å². The molecule has 3 rings (SSSR count). The number of hydrogen-bond donors (Lipinski definition) is 1. The monoisotopic (exact) mass is 344 g/mol. The highest BCUT2D eigenvalue weighted by Gasteiger charge is 2.42. The van der Waals surface area contributed by atoms with Crippen molar-refractivity contribution in [1.29, 1.82) is 0 Å². The highest BCUT2D eigenvalue weighted by Crippen LogP contribution is 2.35. The Morgan fingerprint density at radius 1 is 1.24 bits per heavy atom. The first-order valence-corrected chi connectivity index (χ1v) is 9.81. The number of aryl methyl sites for hydroxylation is 1. The van der Waals surface area contributed by atoms with Crippen LogP contribution in [0.25, 0.3) is 0 Å². The van der Waals surface area contributed by atoms with E-state index in [1.807, 2.05) is 11.9 Å². The van der Waals surface area contributed by atoms with Crippen molar-refractivity contribution in [2.75, 3.05) is 25.5 Å². The number of carbonyl (C=O) groups is 1. The van der Waals surface area contributed by atoms with Crippen LogP contribution >= 0.6 is 0 Å². The topological polar surface area (TPSA) is 41.6 Å². The molecular weight excluding hydrogens is 312 g/mol. The predicted octanol–water partition coefficient (Wildman–Crippen LogP) is 4.14. The Hall–Kier alpha value is -1.55. The fourth-order valence-corrected chi connectivity index (χ4v) is 4.18. The van der Waals surface area contributed by atoms with Crippen LogP contribution in [-0.2, 0) is 9.53 Å². The second-order valence-corrected chi connectivity index (χ2v) is 7.78. The van der Waals surface area contributed by atoms with Crippen LogP contribution in [0, 0.1) is 6.92 Å². The van der Waals surface area contributed by atoms with E-state index in [0.29, 0.717) is 6.10 Å². The number of hydrogen-bond acceptors (Lipinski definition) is 3. The molecular formula is C21H32N2O2. The summed E-state index contributed by atoms with van der Waals surface area (Å²) in [5.41, 5.74) is 1.87. The lowest BCUT2D eigenvalue weighted by Crippen LogP contribution is -2.51. The van der Waals surface area contributed by atoms with Crippen LogP contribution in [0.4, 0.5) is 5.69 Å². The van der Waals surface area contributed by atoms with Crippen LogP contribution in [0.3, 0.4) is 0 Å². The Balaban J connectivity index is 1.58. The number of nitrogens with zero attached hydrogens (tertiary/aromatic N) is 1. The van der Waals surface area contributed by atoms with Crippen LogP contribution in [0.15, 0.2) is 24.3 Å². The molecule has 0 bridgehead atoms. The molecule has 1 unspecified atom stereocenters. The molecule has 0 radical (unpaired) electrons. The Labute approximate surface area is 151 Å². The summed E-state index contributed by atoms with van der Waals surface area (Å²) in [4.78, 5) is 15.1. The van der Waals surface area contributed by atoms with Crippen LogP contribution in [0.2, 0.25) is 0 Å². The van der Waals surface area contributed by atoms with Crippen molar-refractivity contribution in [3.8, 4) is 0 Å². The van der Waals surface area contributed by atoms with E-state index in [1.54, 1.807) is 0 Å². The molecule has 0 spiro atoms. The van der Waals surface area contributed by atoms with Gasteiger partial charge in [-0.05, 0) is 57.6 Å². The highest BCUT2D eigenvalue weighted by molar-refractivity contribution is 5.89. The van der Waals surface area contributed by atoms with E-state index < -0.39 is 5.54 Å². The van der Waals surface area contributed by atoms with E-state index in [-0.39, 0.29) is 5.91 Å². The Bertz CT molecular complexity index is 558. The molecule has 1 atom stereocenters. The number of amides is 1. The summed E-state index contributed by atoms with van der Waals surface area (Å²) in [5.74, 6) is 0.248. The van der Waals surface area contributed by atoms with Crippen LogP contribution in [-0.4, -0.2) is 42.6 Å². The van der Waals surface area contributed by atoms with E-state index in [2.05, 4.69) is 36.5 Å². The van der Waals surface area contributed by atoms with E-state index in [4.69, 9.17) is 4.74 Å². The first-order valence-electron chi connectivity index (χ1n) is 9.81. The number of ether oxygens (including phenoxy) is 1. The molecule has 1 aliphatic heterocycles. The zero-order valence-corrected chi connectivity index (χ0v) is 15.7. The summed E-state index contributed by atoms with van der Waals surface area (Å²) in [6.45, 7) is 3.81. The molecule has 4 nitrogen and oxygen atoms in total. The van der Waals surface area contributed by atoms with Gasteiger partial charge in [0.15, 0.2) is 0 Å². The molecule has 2 fully saturated rings. The average Bonchev–Trinajstić information content (AvgIpc) is 3.29. The minimum Gasteiger partial charge on any atom is -0.378 e. The van der Waals surface area contributed by atoms with Crippen LogP contribution in [0.1, 0.15) is 56.9 Å². The molecule has 25 heavy (non-hydrogen) atoms. The second-order valence-electron chi connectivity index (χ2n) is 7.78. The summed E-state index contributed by atoms with van der Waals surface area (Å²) >= 11 is 0. The van der Waals surface area contributed by atoms with Crippen molar-refractivity contribution in [1.82, 2.24) is 4.90 Å². The second kappa shape index (κ2) is 8.22. The van der Waals surface area contributed by atoms with Gasteiger partial charge in [-0.25, -0.2) is 0 Å². The fraction of sp³-hybridized carbons (Fsp3) is 0.667. The maximum Gasteiger partial charge on any atom is 0.247 e. The molecule has 1 saturated heterocycles. The minimum absolute atomic E-state index is 0.248. The molecule has 138 valence electrons.